The SMILES string of the molecule is CCC(CC)NCCOc1cccc(C)c1. The van der Waals surface area contributed by atoms with Gasteiger partial charge < -0.3 is 10.1 Å². The van der Waals surface area contributed by atoms with E-state index in [0.29, 0.717) is 6.04 Å². The third-order valence-electron chi connectivity index (χ3n) is 2.78. The van der Waals surface area contributed by atoms with Crippen LogP contribution in [0, 0.1) is 6.92 Å². The van der Waals surface area contributed by atoms with Crippen molar-refractivity contribution in [1.29, 1.82) is 0 Å². The average Bonchev–Trinajstić information content (AvgIpc) is 2.29. The molecule has 0 aliphatic heterocycles. The van der Waals surface area contributed by atoms with Gasteiger partial charge in [0.25, 0.3) is 0 Å². The second-order valence-electron chi connectivity index (χ2n) is 4.13. The van der Waals surface area contributed by atoms with E-state index in [1.807, 2.05) is 12.1 Å². The first kappa shape index (κ1) is 13.0. The Morgan fingerprint density at radius 2 is 2.00 bits per heavy atom. The van der Waals surface area contributed by atoms with E-state index in [0.717, 1.165) is 18.9 Å². The molecule has 1 aromatic rings. The minimum atomic E-state index is 0.626. The van der Waals surface area contributed by atoms with Crippen molar-refractivity contribution in [3.8, 4) is 5.75 Å². The smallest absolute Gasteiger partial charge is 0.119 e. The molecule has 0 fully saturated rings. The van der Waals surface area contributed by atoms with Crippen LogP contribution in [0.4, 0.5) is 0 Å². The fourth-order valence-electron chi connectivity index (χ4n) is 1.71. The predicted molar refractivity (Wildman–Crippen MR) is 69.0 cm³/mol. The maximum absolute atomic E-state index is 5.66. The van der Waals surface area contributed by atoms with Gasteiger partial charge in [0.15, 0.2) is 0 Å². The van der Waals surface area contributed by atoms with E-state index >= 15 is 0 Å². The zero-order valence-electron chi connectivity index (χ0n) is 10.6. The molecule has 0 aromatic heterocycles. The van der Waals surface area contributed by atoms with Gasteiger partial charge in [-0.15, -0.1) is 0 Å². The fraction of sp³-hybridized carbons (Fsp3) is 0.571. The van der Waals surface area contributed by atoms with Gasteiger partial charge >= 0.3 is 0 Å². The summed E-state index contributed by atoms with van der Waals surface area (Å²) in [5, 5.41) is 3.48. The largest absolute Gasteiger partial charge is 0.492 e. The number of benzene rings is 1. The molecule has 0 aliphatic rings. The molecule has 0 atom stereocenters. The Morgan fingerprint density at radius 1 is 1.25 bits per heavy atom. The summed E-state index contributed by atoms with van der Waals surface area (Å²) in [5.74, 6) is 0.964. The number of ether oxygens (including phenoxy) is 1. The topological polar surface area (TPSA) is 21.3 Å². The summed E-state index contributed by atoms with van der Waals surface area (Å²) < 4.78 is 5.66. The number of nitrogens with one attached hydrogen (secondary N) is 1. The molecule has 0 amide bonds. The summed E-state index contributed by atoms with van der Waals surface area (Å²) in [6, 6.07) is 8.80. The molecule has 0 saturated heterocycles. The number of hydrogen-bond acceptors (Lipinski definition) is 2. The Balaban J connectivity index is 2.20. The van der Waals surface area contributed by atoms with Crippen LogP contribution in [0.15, 0.2) is 24.3 Å². The lowest BCUT2D eigenvalue weighted by molar-refractivity contribution is 0.302. The normalized spacial score (nSPS) is 10.8. The molecule has 2 heteroatoms. The third-order valence-corrected chi connectivity index (χ3v) is 2.78. The molecule has 1 aromatic carbocycles. The third kappa shape index (κ3) is 4.67. The van der Waals surface area contributed by atoms with Gasteiger partial charge in [-0.3, -0.25) is 0 Å². The van der Waals surface area contributed by atoms with Crippen molar-refractivity contribution in [2.45, 2.75) is 39.7 Å². The van der Waals surface area contributed by atoms with Crippen molar-refractivity contribution in [3.63, 3.8) is 0 Å². The highest BCUT2D eigenvalue weighted by Gasteiger charge is 2.01. The molecular weight excluding hydrogens is 198 g/mol. The lowest BCUT2D eigenvalue weighted by Crippen LogP contribution is -2.31. The first-order valence-electron chi connectivity index (χ1n) is 6.19. The van der Waals surface area contributed by atoms with Crippen LogP contribution >= 0.6 is 0 Å². The van der Waals surface area contributed by atoms with Gasteiger partial charge in [0, 0.05) is 12.6 Å². The molecule has 2 nitrogen and oxygen atoms in total. The van der Waals surface area contributed by atoms with Crippen molar-refractivity contribution >= 4 is 0 Å². The monoisotopic (exact) mass is 221 g/mol. The van der Waals surface area contributed by atoms with Gasteiger partial charge in [-0.2, -0.15) is 0 Å². The summed E-state index contributed by atoms with van der Waals surface area (Å²) in [6.45, 7) is 8.15. The lowest BCUT2D eigenvalue weighted by Gasteiger charge is -2.14. The number of hydrogen-bond donors (Lipinski definition) is 1. The molecule has 0 saturated carbocycles. The zero-order valence-corrected chi connectivity index (χ0v) is 10.6. The molecule has 0 unspecified atom stereocenters. The highest BCUT2D eigenvalue weighted by Crippen LogP contribution is 2.11. The van der Waals surface area contributed by atoms with Crippen molar-refractivity contribution in [2.24, 2.45) is 0 Å². The van der Waals surface area contributed by atoms with Crippen LogP contribution in [0.1, 0.15) is 32.3 Å². The van der Waals surface area contributed by atoms with E-state index in [-0.39, 0.29) is 0 Å². The van der Waals surface area contributed by atoms with Gasteiger partial charge in [-0.1, -0.05) is 26.0 Å². The van der Waals surface area contributed by atoms with Crippen molar-refractivity contribution < 1.29 is 4.74 Å². The lowest BCUT2D eigenvalue weighted by atomic mass is 10.2. The predicted octanol–water partition coefficient (Wildman–Crippen LogP) is 3.15. The number of aryl methyl sites for hydroxylation is 1. The number of rotatable bonds is 7. The standard InChI is InChI=1S/C14H23NO/c1-4-13(5-2)15-9-10-16-14-8-6-7-12(3)11-14/h6-8,11,13,15H,4-5,9-10H2,1-3H3. The van der Waals surface area contributed by atoms with Gasteiger partial charge in [0.2, 0.25) is 0 Å². The van der Waals surface area contributed by atoms with Gasteiger partial charge in [-0.05, 0) is 37.5 Å². The molecule has 16 heavy (non-hydrogen) atoms. The molecule has 0 aliphatic carbocycles. The van der Waals surface area contributed by atoms with Crippen LogP contribution in [-0.2, 0) is 0 Å². The van der Waals surface area contributed by atoms with E-state index in [1.54, 1.807) is 0 Å². The summed E-state index contributed by atoms with van der Waals surface area (Å²) >= 11 is 0. The second-order valence-corrected chi connectivity index (χ2v) is 4.13. The van der Waals surface area contributed by atoms with Crippen molar-refractivity contribution in [1.82, 2.24) is 5.32 Å². The Labute approximate surface area is 99.0 Å². The highest BCUT2D eigenvalue weighted by atomic mass is 16.5. The van der Waals surface area contributed by atoms with Gasteiger partial charge in [0.1, 0.15) is 12.4 Å². The summed E-state index contributed by atoms with van der Waals surface area (Å²) in [4.78, 5) is 0. The minimum Gasteiger partial charge on any atom is -0.492 e. The maximum atomic E-state index is 5.66. The Morgan fingerprint density at radius 3 is 2.62 bits per heavy atom. The maximum Gasteiger partial charge on any atom is 0.119 e. The van der Waals surface area contributed by atoms with E-state index in [4.69, 9.17) is 4.74 Å². The Kier molecular flexibility index (Phi) is 5.94. The molecule has 1 rings (SSSR count). The second kappa shape index (κ2) is 7.29. The van der Waals surface area contributed by atoms with E-state index in [9.17, 15) is 0 Å². The molecule has 0 radical (unpaired) electrons. The van der Waals surface area contributed by atoms with Crippen LogP contribution in [0.2, 0.25) is 0 Å². The first-order valence-corrected chi connectivity index (χ1v) is 6.19. The van der Waals surface area contributed by atoms with Gasteiger partial charge in [0.05, 0.1) is 0 Å². The molecule has 0 heterocycles. The van der Waals surface area contributed by atoms with Crippen molar-refractivity contribution in [2.75, 3.05) is 13.2 Å². The summed E-state index contributed by atoms with van der Waals surface area (Å²) in [6.07, 6.45) is 2.36. The Bertz CT molecular complexity index is 295. The highest BCUT2D eigenvalue weighted by molar-refractivity contribution is 5.27. The zero-order chi connectivity index (χ0) is 11.8. The summed E-state index contributed by atoms with van der Waals surface area (Å²) in [7, 11) is 0. The van der Waals surface area contributed by atoms with E-state index < -0.39 is 0 Å². The van der Waals surface area contributed by atoms with Gasteiger partial charge in [-0.25, -0.2) is 0 Å². The molecule has 0 spiro atoms. The van der Waals surface area contributed by atoms with Crippen LogP contribution in [-0.4, -0.2) is 19.2 Å². The van der Waals surface area contributed by atoms with E-state index in [2.05, 4.69) is 38.2 Å². The van der Waals surface area contributed by atoms with Crippen molar-refractivity contribution in [3.05, 3.63) is 29.8 Å². The quantitative estimate of drug-likeness (QED) is 0.714. The molecule has 0 bridgehead atoms. The van der Waals surface area contributed by atoms with Crippen LogP contribution in [0.5, 0.6) is 5.75 Å². The minimum absolute atomic E-state index is 0.626. The fourth-order valence-corrected chi connectivity index (χ4v) is 1.71. The average molecular weight is 221 g/mol. The summed E-state index contributed by atoms with van der Waals surface area (Å²) in [5.41, 5.74) is 1.24. The molecule has 90 valence electrons. The Hall–Kier alpha value is -1.02. The van der Waals surface area contributed by atoms with Crippen LogP contribution in [0.25, 0.3) is 0 Å². The van der Waals surface area contributed by atoms with Crippen LogP contribution in [0.3, 0.4) is 0 Å². The molecule has 1 N–H and O–H groups in total. The van der Waals surface area contributed by atoms with Crippen LogP contribution < -0.4 is 10.1 Å². The van der Waals surface area contributed by atoms with E-state index in [1.165, 1.54) is 18.4 Å². The first-order chi connectivity index (χ1) is 7.76. The molecular formula is C14H23NO.